The van der Waals surface area contributed by atoms with Crippen molar-refractivity contribution in [3.63, 3.8) is 0 Å². The first kappa shape index (κ1) is 14.2. The van der Waals surface area contributed by atoms with Gasteiger partial charge in [0.2, 0.25) is 0 Å². The lowest BCUT2D eigenvalue weighted by atomic mass is 10.2. The second-order valence-corrected chi connectivity index (χ2v) is 3.77. The van der Waals surface area contributed by atoms with Crippen LogP contribution in [0.3, 0.4) is 0 Å². The van der Waals surface area contributed by atoms with Crippen LogP contribution in [0, 0.1) is 0 Å². The average Bonchev–Trinajstić information content (AvgIpc) is 2.26. The molecule has 1 amide bonds. The predicted octanol–water partition coefficient (Wildman–Crippen LogP) is 1.44. The number of amides is 1. The summed E-state index contributed by atoms with van der Waals surface area (Å²) in [7, 11) is 0. The fourth-order valence-electron chi connectivity index (χ4n) is 1.36. The van der Waals surface area contributed by atoms with Gasteiger partial charge in [0.15, 0.2) is 0 Å². The minimum atomic E-state index is -4.31. The molecule has 0 bridgehead atoms. The fourth-order valence-corrected chi connectivity index (χ4v) is 1.36. The summed E-state index contributed by atoms with van der Waals surface area (Å²) in [4.78, 5) is 15.4. The fraction of sp³-hybridized carbons (Fsp3) is 0.400. The van der Waals surface area contributed by atoms with E-state index < -0.39 is 24.5 Å². The van der Waals surface area contributed by atoms with E-state index in [9.17, 15) is 18.0 Å². The monoisotopic (exact) mass is 262 g/mol. The summed E-state index contributed by atoms with van der Waals surface area (Å²) in [6.45, 7) is 1.29. The number of hydrogen-bond donors (Lipinski definition) is 3. The van der Waals surface area contributed by atoms with E-state index in [2.05, 4.69) is 15.7 Å². The minimum absolute atomic E-state index is 0.187. The van der Waals surface area contributed by atoms with Gasteiger partial charge in [-0.05, 0) is 19.1 Å². The molecular weight excluding hydrogens is 249 g/mol. The van der Waals surface area contributed by atoms with Crippen LogP contribution in [0.5, 0.6) is 0 Å². The van der Waals surface area contributed by atoms with Gasteiger partial charge in [0.05, 0.1) is 6.42 Å². The number of nitrogens with two attached hydrogens (primary N) is 1. The number of alkyl halides is 3. The second kappa shape index (κ2) is 5.67. The van der Waals surface area contributed by atoms with Gasteiger partial charge < -0.3 is 10.7 Å². The van der Waals surface area contributed by atoms with Crippen LogP contribution in [-0.2, 0) is 0 Å². The highest BCUT2D eigenvalue weighted by molar-refractivity contribution is 5.94. The number of nitrogens with zero attached hydrogens (tertiary/aromatic N) is 1. The quantitative estimate of drug-likeness (QED) is 0.566. The molecule has 0 aliphatic rings. The number of carbonyl (C=O) groups is 1. The van der Waals surface area contributed by atoms with Crippen molar-refractivity contribution in [3.8, 4) is 0 Å². The van der Waals surface area contributed by atoms with Crippen molar-refractivity contribution in [1.29, 1.82) is 0 Å². The molecule has 8 heteroatoms. The van der Waals surface area contributed by atoms with Crippen LogP contribution in [0.4, 0.5) is 19.0 Å². The normalized spacial score (nSPS) is 12.9. The van der Waals surface area contributed by atoms with Crippen molar-refractivity contribution in [2.75, 3.05) is 5.43 Å². The number of hydrazine groups is 1. The smallest absolute Gasteiger partial charge is 0.349 e. The lowest BCUT2D eigenvalue weighted by molar-refractivity contribution is -0.138. The van der Waals surface area contributed by atoms with Crippen molar-refractivity contribution < 1.29 is 18.0 Å². The van der Waals surface area contributed by atoms with E-state index in [-0.39, 0.29) is 11.4 Å². The Morgan fingerprint density at radius 1 is 1.56 bits per heavy atom. The van der Waals surface area contributed by atoms with Crippen molar-refractivity contribution >= 4 is 11.7 Å². The van der Waals surface area contributed by atoms with Gasteiger partial charge in [0.1, 0.15) is 5.82 Å². The molecule has 1 heterocycles. The van der Waals surface area contributed by atoms with E-state index in [1.54, 1.807) is 0 Å². The van der Waals surface area contributed by atoms with Gasteiger partial charge >= 0.3 is 6.18 Å². The maximum Gasteiger partial charge on any atom is 0.391 e. The summed E-state index contributed by atoms with van der Waals surface area (Å²) in [5.74, 6) is 4.76. The lowest BCUT2D eigenvalue weighted by Gasteiger charge is -2.15. The van der Waals surface area contributed by atoms with Gasteiger partial charge in [0.25, 0.3) is 5.91 Å². The Morgan fingerprint density at radius 2 is 2.22 bits per heavy atom. The molecule has 0 aromatic carbocycles. The first-order chi connectivity index (χ1) is 8.31. The third-order valence-corrected chi connectivity index (χ3v) is 2.09. The maximum absolute atomic E-state index is 12.1. The number of nitrogens with one attached hydrogen (secondary N) is 2. The summed E-state index contributed by atoms with van der Waals surface area (Å²) in [6.07, 6.45) is -4.06. The zero-order valence-electron chi connectivity index (χ0n) is 9.58. The van der Waals surface area contributed by atoms with E-state index in [0.717, 1.165) is 0 Å². The van der Waals surface area contributed by atoms with Crippen LogP contribution in [0.2, 0.25) is 0 Å². The van der Waals surface area contributed by atoms with Crippen LogP contribution >= 0.6 is 0 Å². The Kier molecular flexibility index (Phi) is 4.49. The number of nitrogen functional groups attached to an aromatic ring is 1. The number of pyridine rings is 1. The second-order valence-electron chi connectivity index (χ2n) is 3.77. The molecule has 0 fully saturated rings. The zero-order valence-corrected chi connectivity index (χ0v) is 9.58. The molecule has 0 saturated carbocycles. The highest BCUT2D eigenvalue weighted by Gasteiger charge is 2.30. The maximum atomic E-state index is 12.1. The Labute approximate surface area is 102 Å². The number of rotatable bonds is 4. The van der Waals surface area contributed by atoms with Crippen molar-refractivity contribution in [1.82, 2.24) is 10.3 Å². The molecule has 100 valence electrons. The number of aromatic nitrogens is 1. The Hall–Kier alpha value is -1.83. The first-order valence-electron chi connectivity index (χ1n) is 5.12. The number of carbonyl (C=O) groups excluding carboxylic acids is 1. The van der Waals surface area contributed by atoms with Crippen LogP contribution in [-0.4, -0.2) is 23.1 Å². The summed E-state index contributed by atoms with van der Waals surface area (Å²) in [5, 5.41) is 2.25. The summed E-state index contributed by atoms with van der Waals surface area (Å²) >= 11 is 0. The summed E-state index contributed by atoms with van der Waals surface area (Å²) in [6, 6.07) is 1.73. The Morgan fingerprint density at radius 3 is 2.78 bits per heavy atom. The average molecular weight is 262 g/mol. The summed E-state index contributed by atoms with van der Waals surface area (Å²) < 4.78 is 36.3. The third kappa shape index (κ3) is 4.58. The molecule has 5 nitrogen and oxygen atoms in total. The minimum Gasteiger partial charge on any atom is -0.349 e. The van der Waals surface area contributed by atoms with E-state index >= 15 is 0 Å². The van der Waals surface area contributed by atoms with Crippen molar-refractivity contribution in [2.24, 2.45) is 5.84 Å². The molecule has 0 spiro atoms. The van der Waals surface area contributed by atoms with Crippen LogP contribution < -0.4 is 16.6 Å². The van der Waals surface area contributed by atoms with Crippen LogP contribution in [0.1, 0.15) is 23.7 Å². The van der Waals surface area contributed by atoms with Gasteiger partial charge in [-0.15, -0.1) is 0 Å². The van der Waals surface area contributed by atoms with Gasteiger partial charge in [-0.3, -0.25) is 4.79 Å². The number of halogens is 3. The SMILES string of the molecule is CC(CC(F)(F)F)NC(=O)c1ccnc(NN)c1. The standard InChI is InChI=1S/C10H13F3N4O/c1-6(5-10(11,12)13)16-9(18)7-2-3-15-8(4-7)17-14/h2-4,6H,5,14H2,1H3,(H,15,17)(H,16,18). The first-order valence-corrected chi connectivity index (χ1v) is 5.12. The molecule has 0 aliphatic heterocycles. The molecule has 0 saturated heterocycles. The molecule has 1 rings (SSSR count). The van der Waals surface area contributed by atoms with E-state index in [1.165, 1.54) is 25.3 Å². The molecule has 1 atom stereocenters. The Balaban J connectivity index is 2.64. The van der Waals surface area contributed by atoms with E-state index in [1.807, 2.05) is 0 Å². The van der Waals surface area contributed by atoms with Crippen LogP contribution in [0.25, 0.3) is 0 Å². The van der Waals surface area contributed by atoms with Gasteiger partial charge in [-0.25, -0.2) is 10.8 Å². The van der Waals surface area contributed by atoms with Crippen molar-refractivity contribution in [2.45, 2.75) is 25.6 Å². The topological polar surface area (TPSA) is 80.0 Å². The van der Waals surface area contributed by atoms with Gasteiger partial charge in [0, 0.05) is 17.8 Å². The molecule has 18 heavy (non-hydrogen) atoms. The molecule has 1 aromatic rings. The highest BCUT2D eigenvalue weighted by Crippen LogP contribution is 2.21. The molecule has 0 radical (unpaired) electrons. The van der Waals surface area contributed by atoms with Gasteiger partial charge in [-0.1, -0.05) is 0 Å². The van der Waals surface area contributed by atoms with E-state index in [0.29, 0.717) is 0 Å². The van der Waals surface area contributed by atoms with Gasteiger partial charge in [-0.2, -0.15) is 13.2 Å². The third-order valence-electron chi connectivity index (χ3n) is 2.09. The molecular formula is C10H13F3N4O. The van der Waals surface area contributed by atoms with Crippen LogP contribution in [0.15, 0.2) is 18.3 Å². The number of anilines is 1. The molecule has 4 N–H and O–H groups in total. The largest absolute Gasteiger partial charge is 0.391 e. The van der Waals surface area contributed by atoms with Crippen molar-refractivity contribution in [3.05, 3.63) is 23.9 Å². The number of hydrogen-bond acceptors (Lipinski definition) is 4. The lowest BCUT2D eigenvalue weighted by Crippen LogP contribution is -2.36. The summed E-state index contributed by atoms with van der Waals surface area (Å²) in [5.41, 5.74) is 2.43. The predicted molar refractivity (Wildman–Crippen MR) is 59.6 cm³/mol. The molecule has 1 aromatic heterocycles. The van der Waals surface area contributed by atoms with E-state index in [4.69, 9.17) is 5.84 Å². The zero-order chi connectivity index (χ0) is 13.8. The molecule has 0 aliphatic carbocycles. The molecule has 1 unspecified atom stereocenters. The Bertz CT molecular complexity index is 422. The highest BCUT2D eigenvalue weighted by atomic mass is 19.4.